The van der Waals surface area contributed by atoms with Crippen LogP contribution in [0.15, 0.2) is 23.3 Å². The summed E-state index contributed by atoms with van der Waals surface area (Å²) >= 11 is 0. The van der Waals surface area contributed by atoms with Crippen LogP contribution >= 0.6 is 0 Å². The first-order valence-electron chi connectivity index (χ1n) is 12.3. The van der Waals surface area contributed by atoms with E-state index in [2.05, 4.69) is 32.9 Å². The molecule has 0 aromatic carbocycles. The van der Waals surface area contributed by atoms with Gasteiger partial charge in [-0.3, -0.25) is 9.69 Å². The predicted octanol–water partition coefficient (Wildman–Crippen LogP) is 3.47. The third kappa shape index (κ3) is 5.82. The Morgan fingerprint density at radius 2 is 1.69 bits per heavy atom. The van der Waals surface area contributed by atoms with Gasteiger partial charge in [0.1, 0.15) is 0 Å². The number of carbonyl (C=O) groups is 1. The molecule has 4 N–H and O–H groups in total. The van der Waals surface area contributed by atoms with Crippen LogP contribution in [-0.2, 0) is 4.79 Å². The summed E-state index contributed by atoms with van der Waals surface area (Å²) < 4.78 is 0. The summed E-state index contributed by atoms with van der Waals surface area (Å²) in [5.74, 6) is 0.888. The molecule has 184 valence electrons. The number of carboxylic acids is 1. The predicted molar refractivity (Wildman–Crippen MR) is 127 cm³/mol. The molecule has 0 aromatic heterocycles. The molecule has 0 saturated heterocycles. The molecule has 3 rings (SSSR count). The maximum absolute atomic E-state index is 11.9. The fraction of sp³-hybridized carbons (Fsp3) is 0.808. The van der Waals surface area contributed by atoms with Crippen molar-refractivity contribution in [3.63, 3.8) is 0 Å². The number of aliphatic hydroxyl groups excluding tert-OH is 3. The van der Waals surface area contributed by atoms with E-state index < -0.39 is 11.4 Å². The van der Waals surface area contributed by atoms with Crippen molar-refractivity contribution >= 4 is 5.97 Å². The van der Waals surface area contributed by atoms with Crippen LogP contribution < -0.4 is 0 Å². The first kappa shape index (κ1) is 27.0. The summed E-state index contributed by atoms with van der Waals surface area (Å²) in [5, 5.41) is 35.3. The zero-order valence-electron chi connectivity index (χ0n) is 20.5. The number of aliphatic hydroxyl groups is 3. The van der Waals surface area contributed by atoms with E-state index in [0.717, 1.165) is 19.3 Å². The van der Waals surface area contributed by atoms with Gasteiger partial charge in [-0.2, -0.15) is 0 Å². The minimum absolute atomic E-state index is 0.0694. The summed E-state index contributed by atoms with van der Waals surface area (Å²) in [6.45, 7) is 10.7. The molecule has 0 amide bonds. The van der Waals surface area contributed by atoms with E-state index in [9.17, 15) is 9.90 Å². The quantitative estimate of drug-likeness (QED) is 0.451. The molecule has 4 atom stereocenters. The molecular weight excluding hydrogens is 406 g/mol. The summed E-state index contributed by atoms with van der Waals surface area (Å²) in [5.41, 5.74) is 2.69. The number of hydrogen-bond donors (Lipinski definition) is 4. The van der Waals surface area contributed by atoms with Gasteiger partial charge in [0, 0.05) is 19.6 Å². The van der Waals surface area contributed by atoms with Crippen LogP contribution in [0, 0.1) is 28.6 Å². The van der Waals surface area contributed by atoms with Crippen LogP contribution in [0.25, 0.3) is 0 Å². The Morgan fingerprint density at radius 3 is 2.19 bits per heavy atom. The fourth-order valence-electron chi connectivity index (χ4n) is 6.36. The number of allylic oxidation sites excluding steroid dienone is 4. The van der Waals surface area contributed by atoms with Crippen LogP contribution in [0.4, 0.5) is 0 Å². The normalized spacial score (nSPS) is 31.8. The largest absolute Gasteiger partial charge is 0.481 e. The van der Waals surface area contributed by atoms with Crippen LogP contribution in [-0.4, -0.2) is 70.8 Å². The first-order valence-corrected chi connectivity index (χ1v) is 12.3. The van der Waals surface area contributed by atoms with Crippen molar-refractivity contribution in [1.82, 2.24) is 4.90 Å². The van der Waals surface area contributed by atoms with Gasteiger partial charge < -0.3 is 20.4 Å². The number of rotatable bonds is 8. The zero-order chi connectivity index (χ0) is 23.9. The average molecular weight is 452 g/mol. The molecular formula is C26H45NO5. The van der Waals surface area contributed by atoms with Crippen molar-refractivity contribution in [2.75, 3.05) is 39.5 Å². The Labute approximate surface area is 194 Å². The Balaban J connectivity index is 0.000000309. The highest BCUT2D eigenvalue weighted by Crippen LogP contribution is 2.62. The molecule has 1 unspecified atom stereocenters. The summed E-state index contributed by atoms with van der Waals surface area (Å²) in [6, 6.07) is 0. The molecule has 1 fully saturated rings. The highest BCUT2D eigenvalue weighted by atomic mass is 16.4. The minimum atomic E-state index is -0.588. The molecule has 0 spiro atoms. The van der Waals surface area contributed by atoms with Gasteiger partial charge in [0.05, 0.1) is 25.2 Å². The molecule has 0 aromatic rings. The number of carboxylic acid groups (broad SMARTS) is 1. The Hall–Kier alpha value is -1.21. The van der Waals surface area contributed by atoms with Crippen molar-refractivity contribution in [3.8, 4) is 0 Å². The Kier molecular flexibility index (Phi) is 9.95. The lowest BCUT2D eigenvalue weighted by Gasteiger charge is -2.57. The van der Waals surface area contributed by atoms with E-state index in [1.165, 1.54) is 24.8 Å². The van der Waals surface area contributed by atoms with Gasteiger partial charge in [-0.25, -0.2) is 0 Å². The molecule has 0 radical (unpaired) electrons. The SMILES string of the molecule is CC(C)C1=CC2=CCC3[C@](C)(C(=O)O)CCC[C@]3(C)[C@H]2CC1.OCCN(CCO)CCO. The van der Waals surface area contributed by atoms with E-state index in [-0.39, 0.29) is 31.2 Å². The molecule has 3 aliphatic rings. The summed E-state index contributed by atoms with van der Waals surface area (Å²) in [7, 11) is 0. The number of aliphatic carboxylic acids is 1. The molecule has 0 heterocycles. The molecule has 6 nitrogen and oxygen atoms in total. The monoisotopic (exact) mass is 451 g/mol. The van der Waals surface area contributed by atoms with E-state index >= 15 is 0 Å². The van der Waals surface area contributed by atoms with Crippen molar-refractivity contribution in [3.05, 3.63) is 23.3 Å². The van der Waals surface area contributed by atoms with Crippen LogP contribution in [0.3, 0.4) is 0 Å². The standard InChI is InChI=1S/C20H30O2.C6H15NO3/c1-13(2)14-6-8-16-15(12-14)7-9-17-19(16,3)10-5-11-20(17,4)18(21)22;8-4-1-7(2-5-9)3-6-10/h7,12-13,16-17H,5-6,8-11H2,1-4H3,(H,21,22);8-10H,1-6H2/t16-,17?,19+,20+;/m0./s1. The van der Waals surface area contributed by atoms with Crippen LogP contribution in [0.2, 0.25) is 0 Å². The second-order valence-corrected chi connectivity index (χ2v) is 10.6. The van der Waals surface area contributed by atoms with Gasteiger partial charge in [0.2, 0.25) is 0 Å². The van der Waals surface area contributed by atoms with Crippen LogP contribution in [0.5, 0.6) is 0 Å². The Bertz CT molecular complexity index is 673. The van der Waals surface area contributed by atoms with Crippen LogP contribution in [0.1, 0.15) is 66.2 Å². The maximum atomic E-state index is 11.9. The molecule has 3 aliphatic carbocycles. The smallest absolute Gasteiger partial charge is 0.309 e. The van der Waals surface area contributed by atoms with Gasteiger partial charge in [-0.15, -0.1) is 0 Å². The number of hydrogen-bond acceptors (Lipinski definition) is 5. The molecule has 32 heavy (non-hydrogen) atoms. The van der Waals surface area contributed by atoms with E-state index in [1.54, 1.807) is 10.5 Å². The van der Waals surface area contributed by atoms with E-state index in [1.807, 2.05) is 6.92 Å². The van der Waals surface area contributed by atoms with Crippen molar-refractivity contribution < 1.29 is 25.2 Å². The lowest BCUT2D eigenvalue weighted by atomic mass is 9.47. The number of fused-ring (bicyclic) bond motifs is 3. The first-order chi connectivity index (χ1) is 15.1. The van der Waals surface area contributed by atoms with Gasteiger partial charge >= 0.3 is 5.97 Å². The summed E-state index contributed by atoms with van der Waals surface area (Å²) in [6.07, 6.45) is 11.2. The number of nitrogens with zero attached hydrogens (tertiary/aromatic N) is 1. The Morgan fingerprint density at radius 1 is 1.09 bits per heavy atom. The van der Waals surface area contributed by atoms with Gasteiger partial charge in [0.25, 0.3) is 0 Å². The molecule has 0 bridgehead atoms. The summed E-state index contributed by atoms with van der Waals surface area (Å²) in [4.78, 5) is 13.7. The minimum Gasteiger partial charge on any atom is -0.481 e. The average Bonchev–Trinajstić information content (AvgIpc) is 2.74. The third-order valence-corrected chi connectivity index (χ3v) is 8.32. The highest BCUT2D eigenvalue weighted by molar-refractivity contribution is 5.75. The molecule has 0 aliphatic heterocycles. The van der Waals surface area contributed by atoms with Gasteiger partial charge in [-0.05, 0) is 67.8 Å². The third-order valence-electron chi connectivity index (χ3n) is 8.32. The molecule has 1 saturated carbocycles. The topological polar surface area (TPSA) is 101 Å². The van der Waals surface area contributed by atoms with Gasteiger partial charge in [-0.1, -0.05) is 44.9 Å². The van der Waals surface area contributed by atoms with Gasteiger partial charge in [0.15, 0.2) is 0 Å². The second kappa shape index (κ2) is 11.8. The second-order valence-electron chi connectivity index (χ2n) is 10.6. The van der Waals surface area contributed by atoms with E-state index in [4.69, 9.17) is 15.3 Å². The van der Waals surface area contributed by atoms with Crippen molar-refractivity contribution in [1.29, 1.82) is 0 Å². The van der Waals surface area contributed by atoms with E-state index in [0.29, 0.717) is 31.5 Å². The highest BCUT2D eigenvalue weighted by Gasteiger charge is 2.57. The van der Waals surface area contributed by atoms with Crippen molar-refractivity contribution in [2.24, 2.45) is 28.6 Å². The lowest BCUT2D eigenvalue weighted by Crippen LogP contribution is -2.53. The fourth-order valence-corrected chi connectivity index (χ4v) is 6.36. The maximum Gasteiger partial charge on any atom is 0.309 e. The zero-order valence-corrected chi connectivity index (χ0v) is 20.5. The lowest BCUT2D eigenvalue weighted by molar-refractivity contribution is -0.162. The van der Waals surface area contributed by atoms with Crippen molar-refractivity contribution in [2.45, 2.75) is 66.2 Å². The molecule has 6 heteroatoms.